The highest BCUT2D eigenvalue weighted by Gasteiger charge is 2.21. The van der Waals surface area contributed by atoms with Crippen LogP contribution in [-0.2, 0) is 9.53 Å². The van der Waals surface area contributed by atoms with Gasteiger partial charge in [0.15, 0.2) is 0 Å². The van der Waals surface area contributed by atoms with Gasteiger partial charge in [-0.2, -0.15) is 5.21 Å². The summed E-state index contributed by atoms with van der Waals surface area (Å²) in [5.74, 6) is -0.0584. The first-order chi connectivity index (χ1) is 8.75. The molecule has 1 aliphatic carbocycles. The predicted molar refractivity (Wildman–Crippen MR) is 64.8 cm³/mol. The van der Waals surface area contributed by atoms with Gasteiger partial charge in [-0.1, -0.05) is 30.8 Å². The van der Waals surface area contributed by atoms with Crippen LogP contribution in [0.25, 0.3) is 0 Å². The second-order valence-electron chi connectivity index (χ2n) is 4.62. The maximum atomic E-state index is 11.8. The molecule has 1 atom stereocenters. The summed E-state index contributed by atoms with van der Waals surface area (Å²) in [5.41, 5.74) is 0. The molecule has 0 unspecified atom stereocenters. The molecule has 1 heterocycles. The van der Waals surface area contributed by atoms with Crippen LogP contribution >= 0.6 is 0 Å². The molecule has 0 spiro atoms. The van der Waals surface area contributed by atoms with Crippen molar-refractivity contribution in [2.24, 2.45) is 0 Å². The Hall–Kier alpha value is -1.50. The van der Waals surface area contributed by atoms with Crippen molar-refractivity contribution in [2.45, 2.75) is 57.7 Å². The molecule has 2 rings (SSSR count). The molecule has 0 aliphatic heterocycles. The smallest absolute Gasteiger partial charge is 0.269 e. The zero-order valence-corrected chi connectivity index (χ0v) is 10.6. The summed E-state index contributed by atoms with van der Waals surface area (Å²) in [4.78, 5) is 11.8. The maximum absolute atomic E-state index is 11.8. The number of tetrazole rings is 1. The average Bonchev–Trinajstić information content (AvgIpc) is 2.72. The van der Waals surface area contributed by atoms with E-state index in [1.54, 1.807) is 6.92 Å². The van der Waals surface area contributed by atoms with Crippen LogP contribution in [0.2, 0.25) is 0 Å². The summed E-state index contributed by atoms with van der Waals surface area (Å²) in [5, 5.41) is 15.5. The number of anilines is 1. The van der Waals surface area contributed by atoms with Crippen LogP contribution in [-0.4, -0.2) is 38.7 Å². The fraction of sp³-hybridized carbons (Fsp3) is 0.818. The summed E-state index contributed by atoms with van der Waals surface area (Å²) in [6, 6.07) is 0. The van der Waals surface area contributed by atoms with Gasteiger partial charge in [-0.15, -0.1) is 5.10 Å². The number of ether oxygens (including phenoxy) is 1. The third-order valence-electron chi connectivity index (χ3n) is 3.15. The molecule has 100 valence electrons. The van der Waals surface area contributed by atoms with E-state index in [2.05, 4.69) is 25.9 Å². The van der Waals surface area contributed by atoms with Crippen molar-refractivity contribution in [3.63, 3.8) is 0 Å². The van der Waals surface area contributed by atoms with Gasteiger partial charge in [0, 0.05) is 0 Å². The molecule has 18 heavy (non-hydrogen) atoms. The number of aromatic amines is 1. The molecule has 1 saturated carbocycles. The Morgan fingerprint density at radius 1 is 1.39 bits per heavy atom. The number of aromatic nitrogens is 4. The highest BCUT2D eigenvalue weighted by Crippen LogP contribution is 2.21. The minimum absolute atomic E-state index is 0.177. The summed E-state index contributed by atoms with van der Waals surface area (Å²) in [6.45, 7) is 1.75. The molecule has 2 N–H and O–H groups in total. The summed E-state index contributed by atoms with van der Waals surface area (Å²) >= 11 is 0. The van der Waals surface area contributed by atoms with E-state index in [1.165, 1.54) is 25.7 Å². The minimum Gasteiger partial charge on any atom is -0.365 e. The lowest BCUT2D eigenvalue weighted by atomic mass is 10.1. The van der Waals surface area contributed by atoms with Crippen molar-refractivity contribution in [1.82, 2.24) is 20.6 Å². The summed E-state index contributed by atoms with van der Waals surface area (Å²) in [7, 11) is 0. The molecule has 1 fully saturated rings. The molecule has 1 aromatic rings. The Morgan fingerprint density at radius 2 is 2.11 bits per heavy atom. The lowest BCUT2D eigenvalue weighted by Gasteiger charge is -2.19. The molecule has 0 radical (unpaired) electrons. The van der Waals surface area contributed by atoms with Crippen LogP contribution in [0.4, 0.5) is 5.95 Å². The lowest BCUT2D eigenvalue weighted by molar-refractivity contribution is -0.130. The van der Waals surface area contributed by atoms with E-state index in [0.29, 0.717) is 0 Å². The van der Waals surface area contributed by atoms with Gasteiger partial charge in [-0.25, -0.2) is 0 Å². The molecule has 7 nitrogen and oxygen atoms in total. The Morgan fingerprint density at radius 3 is 2.72 bits per heavy atom. The van der Waals surface area contributed by atoms with Gasteiger partial charge in [0.1, 0.15) is 6.10 Å². The van der Waals surface area contributed by atoms with Crippen molar-refractivity contribution in [2.75, 3.05) is 5.32 Å². The molecule has 1 aromatic heterocycles. The summed E-state index contributed by atoms with van der Waals surface area (Å²) in [6.07, 6.45) is 6.69. The van der Waals surface area contributed by atoms with Crippen LogP contribution in [0.1, 0.15) is 45.4 Å². The minimum atomic E-state index is -0.494. The summed E-state index contributed by atoms with van der Waals surface area (Å²) < 4.78 is 5.78. The van der Waals surface area contributed by atoms with Crippen molar-refractivity contribution in [3.8, 4) is 0 Å². The molecule has 0 bridgehead atoms. The van der Waals surface area contributed by atoms with Crippen molar-refractivity contribution >= 4 is 11.9 Å². The monoisotopic (exact) mass is 253 g/mol. The first-order valence-corrected chi connectivity index (χ1v) is 6.45. The third-order valence-corrected chi connectivity index (χ3v) is 3.15. The number of carbonyl (C=O) groups is 1. The molecule has 0 saturated heterocycles. The first-order valence-electron chi connectivity index (χ1n) is 6.45. The number of rotatable bonds is 4. The molecular weight excluding hydrogens is 234 g/mol. The van der Waals surface area contributed by atoms with E-state index < -0.39 is 6.10 Å². The molecule has 0 aromatic carbocycles. The topological polar surface area (TPSA) is 92.8 Å². The fourth-order valence-corrected chi connectivity index (χ4v) is 2.16. The molecule has 7 heteroatoms. The van der Waals surface area contributed by atoms with E-state index in [0.717, 1.165) is 12.8 Å². The van der Waals surface area contributed by atoms with E-state index >= 15 is 0 Å². The quantitative estimate of drug-likeness (QED) is 0.788. The Balaban J connectivity index is 1.79. The van der Waals surface area contributed by atoms with Gasteiger partial charge in [0.25, 0.3) is 11.9 Å². The Bertz CT molecular complexity index is 360. The first kappa shape index (κ1) is 12.9. The van der Waals surface area contributed by atoms with Gasteiger partial charge in [-0.05, 0) is 25.0 Å². The predicted octanol–water partition coefficient (Wildman–Crippen LogP) is 1.27. The largest absolute Gasteiger partial charge is 0.365 e. The third kappa shape index (κ3) is 3.76. The number of amides is 1. The standard InChI is InChI=1S/C11H19N5O2/c1-8(10(17)12-11-13-15-16-14-11)18-9-6-4-2-3-5-7-9/h8-9H,2-7H2,1H3,(H2,12,13,14,15,16,17)/t8-/m1/s1. The van der Waals surface area contributed by atoms with Gasteiger partial charge in [0.05, 0.1) is 6.10 Å². The lowest BCUT2D eigenvalue weighted by Crippen LogP contribution is -2.32. The second kappa shape index (κ2) is 6.44. The Kier molecular flexibility index (Phi) is 4.63. The zero-order chi connectivity index (χ0) is 12.8. The fourth-order valence-electron chi connectivity index (χ4n) is 2.16. The van der Waals surface area contributed by atoms with Crippen LogP contribution < -0.4 is 5.32 Å². The van der Waals surface area contributed by atoms with E-state index in [4.69, 9.17) is 4.74 Å². The van der Waals surface area contributed by atoms with Crippen LogP contribution in [0.5, 0.6) is 0 Å². The molecular formula is C11H19N5O2. The van der Waals surface area contributed by atoms with Crippen LogP contribution in [0, 0.1) is 0 Å². The van der Waals surface area contributed by atoms with E-state index in [-0.39, 0.29) is 18.0 Å². The van der Waals surface area contributed by atoms with Crippen molar-refractivity contribution in [3.05, 3.63) is 0 Å². The highest BCUT2D eigenvalue weighted by atomic mass is 16.5. The number of nitrogens with one attached hydrogen (secondary N) is 2. The van der Waals surface area contributed by atoms with Gasteiger partial charge in [-0.3, -0.25) is 10.1 Å². The van der Waals surface area contributed by atoms with Crippen LogP contribution in [0.3, 0.4) is 0 Å². The molecule has 1 aliphatic rings. The SMILES string of the molecule is C[C@@H](OC1CCCCCC1)C(=O)Nc1nn[nH]n1. The van der Waals surface area contributed by atoms with Gasteiger partial charge < -0.3 is 4.74 Å². The number of H-pyrrole nitrogens is 1. The number of carbonyl (C=O) groups excluding carboxylic acids is 1. The highest BCUT2D eigenvalue weighted by molar-refractivity contribution is 5.92. The second-order valence-corrected chi connectivity index (χ2v) is 4.62. The number of hydrogen-bond acceptors (Lipinski definition) is 5. The molecule has 1 amide bonds. The van der Waals surface area contributed by atoms with Gasteiger partial charge >= 0.3 is 0 Å². The van der Waals surface area contributed by atoms with Gasteiger partial charge in [0.2, 0.25) is 0 Å². The number of hydrogen-bond donors (Lipinski definition) is 2. The maximum Gasteiger partial charge on any atom is 0.269 e. The Labute approximate surface area is 106 Å². The number of nitrogens with zero attached hydrogens (tertiary/aromatic N) is 3. The average molecular weight is 253 g/mol. The van der Waals surface area contributed by atoms with Crippen LogP contribution in [0.15, 0.2) is 0 Å². The van der Waals surface area contributed by atoms with Crippen molar-refractivity contribution in [1.29, 1.82) is 0 Å². The normalized spacial score (nSPS) is 19.2. The van der Waals surface area contributed by atoms with E-state index in [9.17, 15) is 4.79 Å². The zero-order valence-electron chi connectivity index (χ0n) is 10.6. The van der Waals surface area contributed by atoms with E-state index in [1.807, 2.05) is 0 Å². The van der Waals surface area contributed by atoms with Crippen molar-refractivity contribution < 1.29 is 9.53 Å².